The number of carbonyl (C=O) groups is 1. The Morgan fingerprint density at radius 2 is 2.25 bits per heavy atom. The number of amides is 1. The molecule has 4 heteroatoms. The fourth-order valence-electron chi connectivity index (χ4n) is 2.75. The fourth-order valence-corrected chi connectivity index (χ4v) is 2.75. The second-order valence-electron chi connectivity index (χ2n) is 5.92. The molecule has 1 unspecified atom stereocenters. The molecule has 3 nitrogen and oxygen atoms in total. The van der Waals surface area contributed by atoms with Gasteiger partial charge >= 0.3 is 0 Å². The van der Waals surface area contributed by atoms with Crippen LogP contribution < -0.4 is 15.9 Å². The van der Waals surface area contributed by atoms with E-state index < -0.39 is 11.7 Å². The Bertz CT molecular complexity index is 937. The molecule has 0 fully saturated rings. The van der Waals surface area contributed by atoms with Crippen LogP contribution in [-0.2, 0) is 4.79 Å². The summed E-state index contributed by atoms with van der Waals surface area (Å²) in [5, 5.41) is 4.69. The van der Waals surface area contributed by atoms with E-state index in [2.05, 4.69) is 42.0 Å². The van der Waals surface area contributed by atoms with Gasteiger partial charge in [0.25, 0.3) is 0 Å². The smallest absolute Gasteiger partial charge is 0.247 e. The van der Waals surface area contributed by atoms with Crippen molar-refractivity contribution in [1.29, 1.82) is 0 Å². The highest BCUT2D eigenvalue weighted by molar-refractivity contribution is 5.99. The third-order valence-electron chi connectivity index (χ3n) is 4.02. The molecule has 2 aromatic rings. The zero-order valence-electron chi connectivity index (χ0n) is 13.5. The van der Waals surface area contributed by atoms with Gasteiger partial charge in [-0.25, -0.2) is 4.39 Å². The third-order valence-corrected chi connectivity index (χ3v) is 4.02. The van der Waals surface area contributed by atoms with Crippen LogP contribution >= 0.6 is 0 Å². The predicted octanol–water partition coefficient (Wildman–Crippen LogP) is 2.96. The molecule has 0 aliphatic heterocycles. The zero-order chi connectivity index (χ0) is 17.1. The molecule has 1 aromatic carbocycles. The highest BCUT2D eigenvalue weighted by Crippen LogP contribution is 2.25. The average Bonchev–Trinajstić information content (AvgIpc) is 2.99. The second-order valence-corrected chi connectivity index (χ2v) is 5.92. The van der Waals surface area contributed by atoms with Crippen LogP contribution in [0.5, 0.6) is 0 Å². The maximum Gasteiger partial charge on any atom is 0.247 e. The Balaban J connectivity index is 2.09. The first kappa shape index (κ1) is 16.0. The van der Waals surface area contributed by atoms with Crippen LogP contribution in [0.4, 0.5) is 10.1 Å². The molecule has 2 N–H and O–H groups in total. The van der Waals surface area contributed by atoms with Crippen LogP contribution in [0, 0.1) is 11.7 Å². The molecule has 24 heavy (non-hydrogen) atoms. The number of nitrogens with one attached hydrogen (secondary N) is 2. The highest BCUT2D eigenvalue weighted by Gasteiger charge is 2.10. The van der Waals surface area contributed by atoms with Gasteiger partial charge in [0.05, 0.1) is 5.69 Å². The van der Waals surface area contributed by atoms with E-state index in [1.807, 2.05) is 12.3 Å². The van der Waals surface area contributed by atoms with Crippen molar-refractivity contribution in [3.63, 3.8) is 0 Å². The van der Waals surface area contributed by atoms with Crippen molar-refractivity contribution < 1.29 is 9.18 Å². The maximum atomic E-state index is 14.0. The Morgan fingerprint density at radius 3 is 3.04 bits per heavy atom. The molecule has 0 saturated carbocycles. The second kappa shape index (κ2) is 6.71. The molecule has 0 saturated heterocycles. The van der Waals surface area contributed by atoms with Crippen molar-refractivity contribution in [3.05, 3.63) is 71.1 Å². The summed E-state index contributed by atoms with van der Waals surface area (Å²) in [5.41, 5.74) is 2.02. The standard InChI is InChI=1S/C20H19FN2O/c1-3-20(24)23-19-12-14(5-6-17(19)21)16-10-13(2)4-7-18-15(11-16)8-9-22-18/h3,5-13,22H,1,4H2,2H3,(H,23,24). The molecule has 1 aliphatic carbocycles. The van der Waals surface area contributed by atoms with Gasteiger partial charge in [-0.05, 0) is 59.0 Å². The van der Waals surface area contributed by atoms with Crippen molar-refractivity contribution in [2.45, 2.75) is 13.3 Å². The normalized spacial score (nSPS) is 16.6. The fraction of sp³-hybridized carbons (Fsp3) is 0.150. The summed E-state index contributed by atoms with van der Waals surface area (Å²) in [4.78, 5) is 14.7. The van der Waals surface area contributed by atoms with Gasteiger partial charge < -0.3 is 10.3 Å². The molecule has 1 heterocycles. The monoisotopic (exact) mass is 322 g/mol. The van der Waals surface area contributed by atoms with E-state index in [0.29, 0.717) is 5.92 Å². The Hall–Kier alpha value is -2.88. The molecule has 1 amide bonds. The SMILES string of the molecule is C=CC(=O)Nc1cc(C2=CC(C)CC=c3[nH]ccc3=C2)ccc1F. The maximum absolute atomic E-state index is 14.0. The number of hydrogen-bond acceptors (Lipinski definition) is 1. The lowest BCUT2D eigenvalue weighted by Gasteiger charge is -2.12. The number of allylic oxidation sites excluding steroid dienone is 2. The summed E-state index contributed by atoms with van der Waals surface area (Å²) in [7, 11) is 0. The van der Waals surface area contributed by atoms with Gasteiger partial charge in [0.15, 0.2) is 0 Å². The minimum absolute atomic E-state index is 0.155. The van der Waals surface area contributed by atoms with E-state index in [1.54, 1.807) is 12.1 Å². The molecule has 0 radical (unpaired) electrons. The summed E-state index contributed by atoms with van der Waals surface area (Å²) >= 11 is 0. The number of H-pyrrole nitrogens is 1. The van der Waals surface area contributed by atoms with Crippen LogP contribution in [-0.4, -0.2) is 10.9 Å². The number of aromatic nitrogens is 1. The minimum Gasteiger partial charge on any atom is -0.361 e. The summed E-state index contributed by atoms with van der Waals surface area (Å²) in [5.74, 6) is -0.550. The number of aromatic amines is 1. The summed E-state index contributed by atoms with van der Waals surface area (Å²) in [6.07, 6.45) is 10.4. The van der Waals surface area contributed by atoms with E-state index >= 15 is 0 Å². The van der Waals surface area contributed by atoms with E-state index in [4.69, 9.17) is 0 Å². The van der Waals surface area contributed by atoms with Crippen molar-refractivity contribution in [1.82, 2.24) is 4.98 Å². The van der Waals surface area contributed by atoms with Gasteiger partial charge in [0, 0.05) is 11.5 Å². The topological polar surface area (TPSA) is 44.9 Å². The third kappa shape index (κ3) is 3.38. The minimum atomic E-state index is -0.468. The molecular formula is C20H19FN2O. The van der Waals surface area contributed by atoms with Gasteiger partial charge in [-0.15, -0.1) is 0 Å². The number of anilines is 1. The molecule has 1 aromatic heterocycles. The van der Waals surface area contributed by atoms with Crippen LogP contribution in [0.3, 0.4) is 0 Å². The molecular weight excluding hydrogens is 303 g/mol. The summed E-state index contributed by atoms with van der Waals surface area (Å²) in [6.45, 7) is 5.53. The quantitative estimate of drug-likeness (QED) is 0.839. The number of benzene rings is 1. The molecule has 0 spiro atoms. The van der Waals surface area contributed by atoms with Crippen LogP contribution in [0.15, 0.2) is 49.2 Å². The number of hydrogen-bond donors (Lipinski definition) is 2. The number of halogens is 1. The zero-order valence-corrected chi connectivity index (χ0v) is 13.5. The molecule has 0 bridgehead atoms. The molecule has 1 atom stereocenters. The van der Waals surface area contributed by atoms with Crippen molar-refractivity contribution in [3.8, 4) is 0 Å². The first-order valence-corrected chi connectivity index (χ1v) is 7.87. The van der Waals surface area contributed by atoms with E-state index in [1.165, 1.54) is 6.07 Å². The van der Waals surface area contributed by atoms with Gasteiger partial charge in [0.1, 0.15) is 5.82 Å². The van der Waals surface area contributed by atoms with Gasteiger partial charge in [-0.1, -0.05) is 31.7 Å². The Labute approximate surface area is 139 Å². The van der Waals surface area contributed by atoms with Crippen LogP contribution in [0.2, 0.25) is 0 Å². The van der Waals surface area contributed by atoms with Crippen molar-refractivity contribution in [2.24, 2.45) is 5.92 Å². The van der Waals surface area contributed by atoms with E-state index in [9.17, 15) is 9.18 Å². The Kier molecular flexibility index (Phi) is 4.47. The molecule has 122 valence electrons. The largest absolute Gasteiger partial charge is 0.361 e. The lowest BCUT2D eigenvalue weighted by molar-refractivity contribution is -0.111. The van der Waals surface area contributed by atoms with Crippen molar-refractivity contribution in [2.75, 3.05) is 5.32 Å². The number of fused-ring (bicyclic) bond motifs is 1. The first-order chi connectivity index (χ1) is 11.6. The summed E-state index contributed by atoms with van der Waals surface area (Å²) < 4.78 is 14.0. The molecule has 1 aliphatic rings. The van der Waals surface area contributed by atoms with E-state index in [-0.39, 0.29) is 5.69 Å². The summed E-state index contributed by atoms with van der Waals surface area (Å²) in [6, 6.07) is 6.77. The predicted molar refractivity (Wildman–Crippen MR) is 96.0 cm³/mol. The van der Waals surface area contributed by atoms with Crippen LogP contribution in [0.1, 0.15) is 18.9 Å². The molecule has 3 rings (SSSR count). The van der Waals surface area contributed by atoms with Gasteiger partial charge in [-0.2, -0.15) is 0 Å². The first-order valence-electron chi connectivity index (χ1n) is 7.87. The lowest BCUT2D eigenvalue weighted by atomic mass is 9.96. The van der Waals surface area contributed by atoms with E-state index in [0.717, 1.165) is 34.2 Å². The van der Waals surface area contributed by atoms with Crippen molar-refractivity contribution >= 4 is 29.3 Å². The van der Waals surface area contributed by atoms with Crippen LogP contribution in [0.25, 0.3) is 17.7 Å². The van der Waals surface area contributed by atoms with Gasteiger partial charge in [0.2, 0.25) is 5.91 Å². The Morgan fingerprint density at radius 1 is 1.42 bits per heavy atom. The lowest BCUT2D eigenvalue weighted by Crippen LogP contribution is -2.23. The number of carbonyl (C=O) groups excluding carboxylic acids is 1. The van der Waals surface area contributed by atoms with Gasteiger partial charge in [-0.3, -0.25) is 4.79 Å². The average molecular weight is 322 g/mol. The highest BCUT2D eigenvalue weighted by atomic mass is 19.1. The number of rotatable bonds is 3.